The Morgan fingerprint density at radius 3 is 2.17 bits per heavy atom. The van der Waals surface area contributed by atoms with Crippen molar-refractivity contribution in [2.75, 3.05) is 42.3 Å². The zero-order valence-electron chi connectivity index (χ0n) is 21.3. The second-order valence-corrected chi connectivity index (χ2v) is 9.50. The van der Waals surface area contributed by atoms with E-state index in [-0.39, 0.29) is 42.3 Å². The smallest absolute Gasteiger partial charge is 0.224 e. The maximum atomic E-state index is 13.0. The van der Waals surface area contributed by atoms with E-state index in [9.17, 15) is 14.9 Å². The third-order valence-corrected chi connectivity index (χ3v) is 6.61. The summed E-state index contributed by atoms with van der Waals surface area (Å²) in [5.41, 5.74) is 3.67. The Kier molecular flexibility index (Phi) is 7.73. The summed E-state index contributed by atoms with van der Waals surface area (Å²) in [5, 5.41) is 12.8. The molecule has 2 aliphatic rings. The van der Waals surface area contributed by atoms with Crippen LogP contribution in [0.25, 0.3) is 0 Å². The summed E-state index contributed by atoms with van der Waals surface area (Å²) in [5.74, 6) is -0.0691. The molecule has 1 fully saturated rings. The third kappa shape index (κ3) is 5.43. The number of carbonyl (C=O) groups is 2. The van der Waals surface area contributed by atoms with E-state index >= 15 is 0 Å². The van der Waals surface area contributed by atoms with Crippen LogP contribution in [0.1, 0.15) is 32.3 Å². The molecule has 0 aromatic heterocycles. The molecular weight excluding hydrogens is 454 g/mol. The van der Waals surface area contributed by atoms with E-state index in [0.29, 0.717) is 12.4 Å². The molecule has 2 atom stereocenters. The number of morpholine rings is 1. The molecule has 8 nitrogen and oxygen atoms in total. The normalized spacial score (nSPS) is 19.6. The molecule has 0 bridgehead atoms. The van der Waals surface area contributed by atoms with Crippen LogP contribution in [0.2, 0.25) is 0 Å². The van der Waals surface area contributed by atoms with Crippen molar-refractivity contribution in [3.05, 3.63) is 65.5 Å². The molecule has 2 aromatic rings. The van der Waals surface area contributed by atoms with Crippen molar-refractivity contribution in [1.82, 2.24) is 4.90 Å². The number of nitrogens with zero attached hydrogens (tertiary/aromatic N) is 4. The predicted octanol–water partition coefficient (Wildman–Crippen LogP) is 3.90. The molecule has 0 radical (unpaired) electrons. The van der Waals surface area contributed by atoms with Crippen molar-refractivity contribution in [1.29, 1.82) is 5.26 Å². The van der Waals surface area contributed by atoms with Gasteiger partial charge in [0.1, 0.15) is 17.5 Å². The first-order valence-corrected chi connectivity index (χ1v) is 12.3. The van der Waals surface area contributed by atoms with Gasteiger partial charge in [0.15, 0.2) is 5.78 Å². The highest BCUT2D eigenvalue weighted by Crippen LogP contribution is 2.40. The summed E-state index contributed by atoms with van der Waals surface area (Å²) in [6.45, 7) is 6.51. The number of ketones is 1. The maximum absolute atomic E-state index is 13.0. The van der Waals surface area contributed by atoms with Crippen LogP contribution in [0.5, 0.6) is 0 Å². The molecule has 2 aromatic carbocycles. The molecule has 1 saturated heterocycles. The van der Waals surface area contributed by atoms with Crippen LogP contribution in [0.4, 0.5) is 17.1 Å². The molecule has 4 rings (SSSR count). The average molecular weight is 488 g/mol. The minimum absolute atomic E-state index is 0.00235. The minimum Gasteiger partial charge on any atom is -0.373 e. The Hall–Kier alpha value is -3.67. The van der Waals surface area contributed by atoms with Gasteiger partial charge in [0.2, 0.25) is 5.91 Å². The van der Waals surface area contributed by atoms with Gasteiger partial charge in [-0.3, -0.25) is 14.5 Å². The Bertz CT molecular complexity index is 1180. The molecule has 0 aliphatic carbocycles. The first-order chi connectivity index (χ1) is 17.3. The molecule has 0 spiro atoms. The van der Waals surface area contributed by atoms with E-state index in [4.69, 9.17) is 4.74 Å². The number of anilines is 3. The fourth-order valence-electron chi connectivity index (χ4n) is 5.06. The van der Waals surface area contributed by atoms with E-state index in [0.717, 1.165) is 35.7 Å². The first kappa shape index (κ1) is 25.4. The molecule has 36 heavy (non-hydrogen) atoms. The quantitative estimate of drug-likeness (QED) is 0.468. The van der Waals surface area contributed by atoms with Gasteiger partial charge in [-0.15, -0.1) is 0 Å². The van der Waals surface area contributed by atoms with Crippen LogP contribution in [0, 0.1) is 11.3 Å². The van der Waals surface area contributed by atoms with Gasteiger partial charge in [0, 0.05) is 52.3 Å². The molecule has 2 heterocycles. The number of ether oxygens (including phenoxy) is 1. The molecular formula is C28H33N5O3. The monoisotopic (exact) mass is 487 g/mol. The maximum Gasteiger partial charge on any atom is 0.224 e. The van der Waals surface area contributed by atoms with Crippen LogP contribution in [-0.2, 0) is 20.9 Å². The van der Waals surface area contributed by atoms with Crippen LogP contribution < -0.4 is 15.1 Å². The zero-order chi connectivity index (χ0) is 25.8. The summed E-state index contributed by atoms with van der Waals surface area (Å²) in [7, 11) is 3.67. The number of amides is 1. The highest BCUT2D eigenvalue weighted by Gasteiger charge is 2.31. The highest BCUT2D eigenvalue weighted by molar-refractivity contribution is 6.04. The van der Waals surface area contributed by atoms with Gasteiger partial charge in [-0.05, 0) is 37.6 Å². The SMILES string of the molecule is CC1CN(Cc2ccccc2NC(=O)CCC(=O)C(C#N)=C2N(C)c3ccccc3N2C)CC(C)O1. The van der Waals surface area contributed by atoms with Gasteiger partial charge in [-0.25, -0.2) is 0 Å². The molecule has 8 heteroatoms. The Morgan fingerprint density at radius 2 is 1.56 bits per heavy atom. The number of benzene rings is 2. The van der Waals surface area contributed by atoms with Gasteiger partial charge in [-0.2, -0.15) is 5.26 Å². The summed E-state index contributed by atoms with van der Waals surface area (Å²) in [6.07, 6.45) is 0.278. The largest absolute Gasteiger partial charge is 0.373 e. The summed E-state index contributed by atoms with van der Waals surface area (Å²) < 4.78 is 5.82. The predicted molar refractivity (Wildman–Crippen MR) is 140 cm³/mol. The number of fused-ring (bicyclic) bond motifs is 1. The standard InChI is InChI=1S/C28H33N5O3/c1-19-16-33(17-20(2)36-19)18-21-9-5-6-10-23(21)30-27(35)14-13-26(34)22(15-29)28-31(3)24-11-7-8-12-25(24)32(28)4/h5-12,19-20H,13-14,16-18H2,1-4H3,(H,30,35). The molecule has 2 unspecified atom stereocenters. The van der Waals surface area contributed by atoms with E-state index in [1.54, 1.807) is 0 Å². The zero-order valence-corrected chi connectivity index (χ0v) is 21.3. The molecule has 1 amide bonds. The number of hydrogen-bond acceptors (Lipinski definition) is 7. The van der Waals surface area contributed by atoms with E-state index in [2.05, 4.69) is 30.1 Å². The number of rotatable bonds is 7. The van der Waals surface area contributed by atoms with Gasteiger partial charge < -0.3 is 19.9 Å². The highest BCUT2D eigenvalue weighted by atomic mass is 16.5. The minimum atomic E-state index is -0.348. The fourth-order valence-corrected chi connectivity index (χ4v) is 5.06. The van der Waals surface area contributed by atoms with Crippen molar-refractivity contribution >= 4 is 28.8 Å². The van der Waals surface area contributed by atoms with Gasteiger partial charge in [0.05, 0.1) is 23.6 Å². The Morgan fingerprint density at radius 1 is 0.972 bits per heavy atom. The van der Waals surface area contributed by atoms with Gasteiger partial charge in [0.25, 0.3) is 0 Å². The van der Waals surface area contributed by atoms with Crippen LogP contribution in [0.3, 0.4) is 0 Å². The lowest BCUT2D eigenvalue weighted by Crippen LogP contribution is -2.44. The van der Waals surface area contributed by atoms with Crippen LogP contribution >= 0.6 is 0 Å². The summed E-state index contributed by atoms with van der Waals surface area (Å²) in [4.78, 5) is 31.8. The topological polar surface area (TPSA) is 88.9 Å². The Labute approximate surface area is 212 Å². The number of para-hydroxylation sites is 3. The lowest BCUT2D eigenvalue weighted by molar-refractivity contribution is -0.120. The van der Waals surface area contributed by atoms with Gasteiger partial charge >= 0.3 is 0 Å². The van der Waals surface area contributed by atoms with E-state index in [1.807, 2.05) is 72.4 Å². The molecule has 188 valence electrons. The lowest BCUT2D eigenvalue weighted by Gasteiger charge is -2.35. The van der Waals surface area contributed by atoms with E-state index < -0.39 is 0 Å². The molecule has 0 saturated carbocycles. The van der Waals surface area contributed by atoms with Crippen LogP contribution in [-0.4, -0.2) is 56.0 Å². The van der Waals surface area contributed by atoms with Crippen molar-refractivity contribution in [2.24, 2.45) is 0 Å². The summed E-state index contributed by atoms with van der Waals surface area (Å²) >= 11 is 0. The van der Waals surface area contributed by atoms with Crippen molar-refractivity contribution < 1.29 is 14.3 Å². The second kappa shape index (κ2) is 10.9. The molecule has 1 N–H and O–H groups in total. The number of allylic oxidation sites excluding steroid dienone is 1. The number of nitrogens with one attached hydrogen (secondary N) is 1. The van der Waals surface area contributed by atoms with E-state index in [1.165, 1.54) is 0 Å². The first-order valence-electron chi connectivity index (χ1n) is 12.3. The van der Waals surface area contributed by atoms with Crippen molar-refractivity contribution in [3.63, 3.8) is 0 Å². The summed E-state index contributed by atoms with van der Waals surface area (Å²) in [6, 6.07) is 17.5. The number of Topliss-reactive ketones (excluding diaryl/α,β-unsaturated/α-hetero) is 1. The number of carbonyl (C=O) groups excluding carboxylic acids is 2. The lowest BCUT2D eigenvalue weighted by atomic mass is 10.1. The van der Waals surface area contributed by atoms with Crippen molar-refractivity contribution in [2.45, 2.75) is 45.4 Å². The molecule has 2 aliphatic heterocycles. The number of nitriles is 1. The third-order valence-electron chi connectivity index (χ3n) is 6.61. The number of hydrogen-bond donors (Lipinski definition) is 1. The fraction of sp³-hybridized carbons (Fsp3) is 0.393. The Balaban J connectivity index is 1.40. The van der Waals surface area contributed by atoms with Gasteiger partial charge in [-0.1, -0.05) is 30.3 Å². The van der Waals surface area contributed by atoms with Crippen molar-refractivity contribution in [3.8, 4) is 6.07 Å². The second-order valence-electron chi connectivity index (χ2n) is 9.50. The van der Waals surface area contributed by atoms with Crippen LogP contribution in [0.15, 0.2) is 59.9 Å². The average Bonchev–Trinajstić information content (AvgIpc) is 3.09.